The van der Waals surface area contributed by atoms with Gasteiger partial charge in [0.2, 0.25) is 0 Å². The third-order valence-corrected chi connectivity index (χ3v) is 3.33. The van der Waals surface area contributed by atoms with Gasteiger partial charge in [-0.15, -0.1) is 11.6 Å². The number of aromatic nitrogens is 2. The molecule has 0 saturated carbocycles. The SMILES string of the molecule is CCOCCn1c(CCCl)nc2cc(C(F)(F)F)ccc21. The molecule has 0 unspecified atom stereocenters. The van der Waals surface area contributed by atoms with Crippen LogP contribution in [0.15, 0.2) is 18.2 Å². The molecule has 0 bridgehead atoms. The second-order valence-corrected chi connectivity index (χ2v) is 4.89. The first kappa shape index (κ1) is 16.1. The maximum Gasteiger partial charge on any atom is 0.416 e. The van der Waals surface area contributed by atoms with E-state index in [0.717, 1.165) is 12.1 Å². The molecule has 0 spiro atoms. The Kier molecular flexibility index (Phi) is 5.11. The van der Waals surface area contributed by atoms with Crippen molar-refractivity contribution >= 4 is 22.6 Å². The number of alkyl halides is 4. The number of hydrogen-bond acceptors (Lipinski definition) is 2. The first-order valence-electron chi connectivity index (χ1n) is 6.67. The van der Waals surface area contributed by atoms with Crippen LogP contribution in [0.2, 0.25) is 0 Å². The predicted molar refractivity (Wildman–Crippen MR) is 75.7 cm³/mol. The fourth-order valence-electron chi connectivity index (χ4n) is 2.18. The van der Waals surface area contributed by atoms with Crippen LogP contribution in [0.4, 0.5) is 13.2 Å². The van der Waals surface area contributed by atoms with Gasteiger partial charge in [0, 0.05) is 25.5 Å². The summed E-state index contributed by atoms with van der Waals surface area (Å²) >= 11 is 5.74. The Labute approximate surface area is 125 Å². The topological polar surface area (TPSA) is 27.1 Å². The fourth-order valence-corrected chi connectivity index (χ4v) is 2.35. The van der Waals surface area contributed by atoms with Crippen LogP contribution in [-0.4, -0.2) is 28.6 Å². The van der Waals surface area contributed by atoms with E-state index in [0.29, 0.717) is 48.9 Å². The maximum absolute atomic E-state index is 12.7. The van der Waals surface area contributed by atoms with Crippen molar-refractivity contribution in [3.05, 3.63) is 29.6 Å². The highest BCUT2D eigenvalue weighted by molar-refractivity contribution is 6.17. The molecule has 21 heavy (non-hydrogen) atoms. The van der Waals surface area contributed by atoms with Crippen molar-refractivity contribution in [2.24, 2.45) is 0 Å². The van der Waals surface area contributed by atoms with E-state index in [1.807, 2.05) is 11.5 Å². The molecule has 116 valence electrons. The van der Waals surface area contributed by atoms with Gasteiger partial charge in [0.25, 0.3) is 0 Å². The van der Waals surface area contributed by atoms with Crippen LogP contribution in [0.25, 0.3) is 11.0 Å². The highest BCUT2D eigenvalue weighted by Gasteiger charge is 2.31. The molecule has 0 atom stereocenters. The highest BCUT2D eigenvalue weighted by atomic mass is 35.5. The van der Waals surface area contributed by atoms with Crippen molar-refractivity contribution in [2.75, 3.05) is 19.1 Å². The van der Waals surface area contributed by atoms with Crippen molar-refractivity contribution in [3.8, 4) is 0 Å². The fraction of sp³-hybridized carbons (Fsp3) is 0.500. The molecular weight excluding hydrogens is 305 g/mol. The number of rotatable bonds is 6. The first-order chi connectivity index (χ1) is 9.97. The van der Waals surface area contributed by atoms with E-state index in [1.54, 1.807) is 0 Å². The summed E-state index contributed by atoms with van der Waals surface area (Å²) < 4.78 is 45.4. The number of aryl methyl sites for hydroxylation is 1. The Morgan fingerprint density at radius 2 is 2.10 bits per heavy atom. The van der Waals surface area contributed by atoms with Crippen molar-refractivity contribution < 1.29 is 17.9 Å². The Bertz CT molecular complexity index is 610. The molecule has 0 aliphatic heterocycles. The lowest BCUT2D eigenvalue weighted by Crippen LogP contribution is -2.10. The Morgan fingerprint density at radius 3 is 2.71 bits per heavy atom. The molecule has 0 N–H and O–H groups in total. The van der Waals surface area contributed by atoms with Gasteiger partial charge in [-0.3, -0.25) is 0 Å². The van der Waals surface area contributed by atoms with E-state index in [1.165, 1.54) is 6.07 Å². The molecule has 3 nitrogen and oxygen atoms in total. The second-order valence-electron chi connectivity index (χ2n) is 4.52. The Morgan fingerprint density at radius 1 is 1.33 bits per heavy atom. The molecular formula is C14H16ClF3N2O. The van der Waals surface area contributed by atoms with E-state index in [4.69, 9.17) is 16.3 Å². The minimum absolute atomic E-state index is 0.335. The zero-order valence-electron chi connectivity index (χ0n) is 11.6. The van der Waals surface area contributed by atoms with E-state index in [2.05, 4.69) is 4.98 Å². The molecule has 0 fully saturated rings. The predicted octanol–water partition coefficient (Wildman–Crippen LogP) is 3.87. The highest BCUT2D eigenvalue weighted by Crippen LogP contribution is 2.31. The molecule has 0 amide bonds. The van der Waals surface area contributed by atoms with Crippen LogP contribution in [0.3, 0.4) is 0 Å². The lowest BCUT2D eigenvalue weighted by Gasteiger charge is -2.09. The summed E-state index contributed by atoms with van der Waals surface area (Å²) in [6, 6.07) is 3.60. The summed E-state index contributed by atoms with van der Waals surface area (Å²) in [6.45, 7) is 3.51. The monoisotopic (exact) mass is 320 g/mol. The molecule has 1 heterocycles. The summed E-state index contributed by atoms with van der Waals surface area (Å²) in [6.07, 6.45) is -3.86. The van der Waals surface area contributed by atoms with Crippen LogP contribution in [-0.2, 0) is 23.9 Å². The molecule has 2 rings (SSSR count). The van der Waals surface area contributed by atoms with Gasteiger partial charge >= 0.3 is 6.18 Å². The smallest absolute Gasteiger partial charge is 0.380 e. The molecule has 1 aromatic carbocycles. The normalized spacial score (nSPS) is 12.2. The summed E-state index contributed by atoms with van der Waals surface area (Å²) in [5.74, 6) is 1.04. The van der Waals surface area contributed by atoms with E-state index >= 15 is 0 Å². The summed E-state index contributed by atoms with van der Waals surface area (Å²) in [4.78, 5) is 4.28. The van der Waals surface area contributed by atoms with E-state index in [-0.39, 0.29) is 0 Å². The zero-order valence-corrected chi connectivity index (χ0v) is 12.3. The molecule has 0 radical (unpaired) electrons. The minimum Gasteiger partial charge on any atom is -0.380 e. The van der Waals surface area contributed by atoms with Crippen LogP contribution >= 0.6 is 11.6 Å². The number of benzene rings is 1. The molecule has 1 aromatic heterocycles. The van der Waals surface area contributed by atoms with Crippen molar-refractivity contribution in [2.45, 2.75) is 26.1 Å². The van der Waals surface area contributed by atoms with Gasteiger partial charge in [0.1, 0.15) is 5.82 Å². The zero-order chi connectivity index (χ0) is 15.5. The molecule has 0 aliphatic rings. The van der Waals surface area contributed by atoms with Gasteiger partial charge in [0.15, 0.2) is 0 Å². The quantitative estimate of drug-likeness (QED) is 0.596. The number of hydrogen-bond donors (Lipinski definition) is 0. The average Bonchev–Trinajstić information content (AvgIpc) is 2.76. The number of imidazole rings is 1. The van der Waals surface area contributed by atoms with Gasteiger partial charge in [-0.1, -0.05) is 0 Å². The molecule has 0 aliphatic carbocycles. The van der Waals surface area contributed by atoms with E-state index in [9.17, 15) is 13.2 Å². The third kappa shape index (κ3) is 3.68. The van der Waals surface area contributed by atoms with E-state index < -0.39 is 11.7 Å². The summed E-state index contributed by atoms with van der Waals surface area (Å²) in [7, 11) is 0. The van der Waals surface area contributed by atoms with Crippen LogP contribution in [0.5, 0.6) is 0 Å². The van der Waals surface area contributed by atoms with Gasteiger partial charge in [0.05, 0.1) is 23.2 Å². The number of ether oxygens (including phenoxy) is 1. The lowest BCUT2D eigenvalue weighted by molar-refractivity contribution is -0.137. The Balaban J connectivity index is 2.41. The molecule has 0 saturated heterocycles. The standard InChI is InChI=1S/C14H16ClF3N2O/c1-2-21-8-7-20-12-4-3-10(14(16,17)18)9-11(12)19-13(20)5-6-15/h3-4,9H,2,5-8H2,1H3. The second kappa shape index (κ2) is 6.66. The van der Waals surface area contributed by atoms with Crippen molar-refractivity contribution in [1.29, 1.82) is 0 Å². The molecule has 2 aromatic rings. The number of nitrogens with zero attached hydrogens (tertiary/aromatic N) is 2. The van der Waals surface area contributed by atoms with Gasteiger partial charge < -0.3 is 9.30 Å². The summed E-state index contributed by atoms with van der Waals surface area (Å²) in [5.41, 5.74) is 0.311. The average molecular weight is 321 g/mol. The summed E-state index contributed by atoms with van der Waals surface area (Å²) in [5, 5.41) is 0. The van der Waals surface area contributed by atoms with Gasteiger partial charge in [-0.05, 0) is 25.1 Å². The Hall–Kier alpha value is -1.27. The van der Waals surface area contributed by atoms with Crippen molar-refractivity contribution in [1.82, 2.24) is 9.55 Å². The largest absolute Gasteiger partial charge is 0.416 e. The molecule has 7 heteroatoms. The first-order valence-corrected chi connectivity index (χ1v) is 7.21. The third-order valence-electron chi connectivity index (χ3n) is 3.14. The van der Waals surface area contributed by atoms with Crippen LogP contribution in [0, 0.1) is 0 Å². The van der Waals surface area contributed by atoms with Crippen molar-refractivity contribution in [3.63, 3.8) is 0 Å². The van der Waals surface area contributed by atoms with Crippen LogP contribution in [0.1, 0.15) is 18.3 Å². The number of fused-ring (bicyclic) bond motifs is 1. The lowest BCUT2D eigenvalue weighted by atomic mass is 10.2. The van der Waals surface area contributed by atoms with Crippen LogP contribution < -0.4 is 0 Å². The number of halogens is 4. The maximum atomic E-state index is 12.7. The van der Waals surface area contributed by atoms with Gasteiger partial charge in [-0.25, -0.2) is 4.98 Å². The minimum atomic E-state index is -4.37. The van der Waals surface area contributed by atoms with Gasteiger partial charge in [-0.2, -0.15) is 13.2 Å².